The molecule has 24 heavy (non-hydrogen) atoms. The number of hydrogen-bond donors (Lipinski definition) is 0. The second-order valence-electron chi connectivity index (χ2n) is 5.64. The van der Waals surface area contributed by atoms with Crippen molar-refractivity contribution in [1.29, 1.82) is 0 Å². The van der Waals surface area contributed by atoms with Gasteiger partial charge in [-0.05, 0) is 29.7 Å². The Morgan fingerprint density at radius 2 is 1.46 bits per heavy atom. The Hall–Kier alpha value is -2.24. The Morgan fingerprint density at radius 1 is 0.833 bits per heavy atom. The molecule has 0 N–H and O–H groups in total. The molecule has 0 saturated heterocycles. The number of esters is 1. The highest BCUT2D eigenvalue weighted by atomic mass is 19.4. The summed E-state index contributed by atoms with van der Waals surface area (Å²) >= 11 is 0. The van der Waals surface area contributed by atoms with Gasteiger partial charge in [-0.25, -0.2) is 4.79 Å². The van der Waals surface area contributed by atoms with E-state index in [1.54, 1.807) is 12.1 Å². The van der Waals surface area contributed by atoms with E-state index < -0.39 is 19.3 Å². The van der Waals surface area contributed by atoms with Crippen LogP contribution in [0, 0.1) is 0 Å². The third-order valence-electron chi connectivity index (χ3n) is 3.64. The first-order valence-electron chi connectivity index (χ1n) is 7.99. The van der Waals surface area contributed by atoms with Crippen molar-refractivity contribution in [3.63, 3.8) is 0 Å². The van der Waals surface area contributed by atoms with Crippen molar-refractivity contribution in [3.8, 4) is 11.1 Å². The highest BCUT2D eigenvalue weighted by molar-refractivity contribution is 6.58. The summed E-state index contributed by atoms with van der Waals surface area (Å²) in [6, 6.07) is 16.9. The minimum atomic E-state index is -4.71. The molecule has 128 valence electrons. The maximum Gasteiger partial charge on any atom is 0.478 e. The summed E-state index contributed by atoms with van der Waals surface area (Å²) in [5, 5.41) is 0. The number of carbonyl (C=O) groups excluding carboxylic acids is 1. The predicted molar refractivity (Wildman–Crippen MR) is 89.9 cm³/mol. The second kappa shape index (κ2) is 8.57. The minimum Gasteiger partial charge on any atom is -0.462 e. The number of unbranched alkanes of at least 4 members (excludes halogenated alkanes) is 2. The van der Waals surface area contributed by atoms with Gasteiger partial charge in [0.05, 0.1) is 12.2 Å². The first-order chi connectivity index (χ1) is 11.5. The lowest BCUT2D eigenvalue weighted by atomic mass is 9.83. The normalized spacial score (nSPS) is 11.3. The van der Waals surface area contributed by atoms with E-state index in [0.717, 1.165) is 11.1 Å². The number of rotatable bonds is 8. The van der Waals surface area contributed by atoms with Crippen LogP contribution in [-0.4, -0.2) is 19.6 Å². The van der Waals surface area contributed by atoms with Crippen molar-refractivity contribution in [2.75, 3.05) is 6.61 Å². The first kappa shape index (κ1) is 18.1. The molecule has 0 aliphatic rings. The van der Waals surface area contributed by atoms with Gasteiger partial charge in [0.2, 0.25) is 0 Å². The van der Waals surface area contributed by atoms with Gasteiger partial charge in [-0.2, -0.15) is 0 Å². The summed E-state index contributed by atoms with van der Waals surface area (Å²) in [7, 11) is 0. The van der Waals surface area contributed by atoms with Crippen LogP contribution in [0.15, 0.2) is 54.6 Å². The third-order valence-corrected chi connectivity index (χ3v) is 3.64. The average molecular weight is 335 g/mol. The maximum absolute atomic E-state index is 12.0. The van der Waals surface area contributed by atoms with Crippen LogP contribution < -0.4 is 0 Å². The maximum atomic E-state index is 12.0. The molecule has 0 spiro atoms. The smallest absolute Gasteiger partial charge is 0.462 e. The molecule has 0 heterocycles. The van der Waals surface area contributed by atoms with Crippen LogP contribution in [0.4, 0.5) is 12.9 Å². The van der Waals surface area contributed by atoms with Gasteiger partial charge < -0.3 is 17.7 Å². The van der Waals surface area contributed by atoms with Gasteiger partial charge in [-0.15, -0.1) is 0 Å². The summed E-state index contributed by atoms with van der Waals surface area (Å²) in [6.07, 6.45) is 0.212. The zero-order valence-corrected chi connectivity index (χ0v) is 13.3. The number of hydrogen-bond acceptors (Lipinski definition) is 2. The molecule has 0 amide bonds. The minimum absolute atomic E-state index is 0.0901. The van der Waals surface area contributed by atoms with Crippen molar-refractivity contribution < 1.29 is 22.5 Å². The van der Waals surface area contributed by atoms with Gasteiger partial charge in [0.25, 0.3) is 0 Å². The number of ether oxygens (including phenoxy) is 1. The molecule has 0 bridgehead atoms. The lowest BCUT2D eigenvalue weighted by Crippen LogP contribution is -2.13. The number of benzene rings is 2. The van der Waals surface area contributed by atoms with E-state index in [4.69, 9.17) is 4.74 Å². The Morgan fingerprint density at radius 3 is 2.08 bits per heavy atom. The number of carbonyl (C=O) groups is 1. The van der Waals surface area contributed by atoms with Gasteiger partial charge in [0, 0.05) is 0 Å². The van der Waals surface area contributed by atoms with Gasteiger partial charge in [-0.3, -0.25) is 0 Å². The largest absolute Gasteiger partial charge is 0.478 e. The first-order valence-corrected chi connectivity index (χ1v) is 7.99. The monoisotopic (exact) mass is 335 g/mol. The average Bonchev–Trinajstić information content (AvgIpc) is 2.58. The van der Waals surface area contributed by atoms with Crippen LogP contribution >= 0.6 is 0 Å². The standard InChI is InChI=1S/C18H19BF3O2/c20-19(21,22)13-5-2-6-14-24-18(23)17-11-9-16(10-12-17)15-7-3-1-4-8-15/h1,3-4,7-12H,2,5-6,13-14H2/q-1. The van der Waals surface area contributed by atoms with E-state index in [0.29, 0.717) is 18.4 Å². The molecule has 0 atom stereocenters. The molecule has 0 fully saturated rings. The second-order valence-corrected chi connectivity index (χ2v) is 5.64. The Bertz CT molecular complexity index is 640. The van der Waals surface area contributed by atoms with Gasteiger partial charge in [0.15, 0.2) is 0 Å². The fraction of sp³-hybridized carbons (Fsp3) is 0.278. The SMILES string of the molecule is O=C(OCCCCC[B-](F)(F)F)c1ccc(-c2ccccc2)cc1. The number of halogens is 3. The Kier molecular flexibility index (Phi) is 6.47. The fourth-order valence-electron chi connectivity index (χ4n) is 2.33. The van der Waals surface area contributed by atoms with Crippen LogP contribution in [-0.2, 0) is 4.74 Å². The Balaban J connectivity index is 1.75. The van der Waals surface area contributed by atoms with Crippen LogP contribution in [0.5, 0.6) is 0 Å². The molecule has 0 aliphatic carbocycles. The summed E-state index contributed by atoms with van der Waals surface area (Å²) in [5.74, 6) is -0.449. The van der Waals surface area contributed by atoms with Crippen molar-refractivity contribution >= 4 is 12.9 Å². The van der Waals surface area contributed by atoms with E-state index >= 15 is 0 Å². The molecule has 0 radical (unpaired) electrons. The molecular weight excluding hydrogens is 316 g/mol. The highest BCUT2D eigenvalue weighted by Gasteiger charge is 2.21. The summed E-state index contributed by atoms with van der Waals surface area (Å²) in [4.78, 5) is 11.9. The van der Waals surface area contributed by atoms with Crippen molar-refractivity contribution in [2.45, 2.75) is 25.6 Å². The molecule has 2 aromatic carbocycles. The lowest BCUT2D eigenvalue weighted by Gasteiger charge is -2.12. The van der Waals surface area contributed by atoms with Crippen molar-refractivity contribution in [2.24, 2.45) is 0 Å². The van der Waals surface area contributed by atoms with Crippen LogP contribution in [0.25, 0.3) is 11.1 Å². The van der Waals surface area contributed by atoms with E-state index in [2.05, 4.69) is 0 Å². The summed E-state index contributed by atoms with van der Waals surface area (Å²) < 4.78 is 41.2. The Labute approximate surface area is 139 Å². The summed E-state index contributed by atoms with van der Waals surface area (Å²) in [5.41, 5.74) is 2.50. The zero-order chi connectivity index (χ0) is 17.4. The van der Waals surface area contributed by atoms with Crippen molar-refractivity contribution in [1.82, 2.24) is 0 Å². The predicted octanol–water partition coefficient (Wildman–Crippen LogP) is 5.53. The molecule has 0 aromatic heterocycles. The summed E-state index contributed by atoms with van der Waals surface area (Å²) in [6.45, 7) is -4.56. The molecule has 0 aliphatic heterocycles. The highest BCUT2D eigenvalue weighted by Crippen LogP contribution is 2.20. The molecule has 2 nitrogen and oxygen atoms in total. The van der Waals surface area contributed by atoms with E-state index in [-0.39, 0.29) is 13.0 Å². The van der Waals surface area contributed by atoms with E-state index in [1.807, 2.05) is 42.5 Å². The van der Waals surface area contributed by atoms with E-state index in [9.17, 15) is 17.7 Å². The van der Waals surface area contributed by atoms with Crippen LogP contribution in [0.2, 0.25) is 6.32 Å². The fourth-order valence-corrected chi connectivity index (χ4v) is 2.33. The zero-order valence-electron chi connectivity index (χ0n) is 13.3. The van der Waals surface area contributed by atoms with Gasteiger partial charge >= 0.3 is 12.9 Å². The van der Waals surface area contributed by atoms with E-state index in [1.165, 1.54) is 0 Å². The lowest BCUT2D eigenvalue weighted by molar-refractivity contribution is 0.0498. The molecule has 2 rings (SSSR count). The third kappa shape index (κ3) is 6.10. The van der Waals surface area contributed by atoms with Gasteiger partial charge in [-0.1, -0.05) is 61.6 Å². The molecule has 2 aromatic rings. The molecule has 0 saturated carbocycles. The van der Waals surface area contributed by atoms with Gasteiger partial charge in [0.1, 0.15) is 0 Å². The van der Waals surface area contributed by atoms with Crippen molar-refractivity contribution in [3.05, 3.63) is 60.2 Å². The molecule has 0 unspecified atom stereocenters. The molecular formula is C18H19BF3O2-. The quantitative estimate of drug-likeness (QED) is 0.360. The molecule has 6 heteroatoms. The van der Waals surface area contributed by atoms with Crippen LogP contribution in [0.3, 0.4) is 0 Å². The topological polar surface area (TPSA) is 26.3 Å². The van der Waals surface area contributed by atoms with Crippen LogP contribution in [0.1, 0.15) is 29.6 Å².